The summed E-state index contributed by atoms with van der Waals surface area (Å²) in [5.74, 6) is 0.0868. The van der Waals surface area contributed by atoms with Gasteiger partial charge < -0.3 is 25.3 Å². The molecule has 0 aromatic rings. The van der Waals surface area contributed by atoms with Gasteiger partial charge in [0.2, 0.25) is 0 Å². The highest BCUT2D eigenvalue weighted by Crippen LogP contribution is 2.34. The number of nitrogens with one attached hydrogen (secondary N) is 1. The molecule has 8 heteroatoms. The predicted octanol–water partition coefficient (Wildman–Crippen LogP) is 7.31. The van der Waals surface area contributed by atoms with E-state index in [1.54, 1.807) is 0 Å². The molecule has 0 saturated heterocycles. The van der Waals surface area contributed by atoms with Gasteiger partial charge in [-0.3, -0.25) is 9.59 Å². The van der Waals surface area contributed by atoms with E-state index < -0.39 is 22.7 Å². The van der Waals surface area contributed by atoms with E-state index in [2.05, 4.69) is 39.9 Å². The van der Waals surface area contributed by atoms with Crippen molar-refractivity contribution < 1.29 is 28.6 Å². The van der Waals surface area contributed by atoms with Crippen LogP contribution in [-0.4, -0.2) is 48.9 Å². The van der Waals surface area contributed by atoms with Crippen LogP contribution in [0.25, 0.3) is 0 Å². The Morgan fingerprint density at radius 2 is 1.50 bits per heavy atom. The van der Waals surface area contributed by atoms with Crippen molar-refractivity contribution in [3.8, 4) is 0 Å². The summed E-state index contributed by atoms with van der Waals surface area (Å²) in [5.41, 5.74) is 3.94. The number of unbranched alkanes of at least 4 members (excludes halogenated alkanes) is 3. The van der Waals surface area contributed by atoms with Gasteiger partial charge in [0.1, 0.15) is 17.8 Å². The van der Waals surface area contributed by atoms with Crippen LogP contribution in [0.5, 0.6) is 0 Å². The zero-order chi connectivity index (χ0) is 31.0. The number of carbonyl (C=O) groups excluding carboxylic acids is 3. The van der Waals surface area contributed by atoms with E-state index in [4.69, 9.17) is 19.9 Å². The van der Waals surface area contributed by atoms with Gasteiger partial charge in [0.05, 0.1) is 12.0 Å². The highest BCUT2D eigenvalue weighted by molar-refractivity contribution is 5.76. The SMILES string of the molecule is CCCCC(CC)CC(C)(C)OC(=O)CCCCCC(C)(C)OC(=O)NCCOC(=O)C(C)(CN)CC(C)(C)C. The molecule has 40 heavy (non-hydrogen) atoms. The van der Waals surface area contributed by atoms with Gasteiger partial charge in [0.25, 0.3) is 0 Å². The second-order valence-corrected chi connectivity index (χ2v) is 14.1. The lowest BCUT2D eigenvalue weighted by Crippen LogP contribution is -2.41. The number of alkyl carbamates (subject to hydrolysis) is 1. The van der Waals surface area contributed by atoms with Gasteiger partial charge in [0, 0.05) is 13.0 Å². The first-order valence-electron chi connectivity index (χ1n) is 15.4. The summed E-state index contributed by atoms with van der Waals surface area (Å²) in [6.07, 6.45) is 9.14. The van der Waals surface area contributed by atoms with Crippen molar-refractivity contribution in [2.75, 3.05) is 19.7 Å². The van der Waals surface area contributed by atoms with E-state index >= 15 is 0 Å². The Balaban J connectivity index is 4.27. The van der Waals surface area contributed by atoms with E-state index in [-0.39, 0.29) is 37.0 Å². The molecule has 0 rings (SSSR count). The molecular formula is C32H62N2O6. The molecule has 0 aromatic carbocycles. The van der Waals surface area contributed by atoms with E-state index in [9.17, 15) is 14.4 Å². The minimum absolute atomic E-state index is 0.0544. The molecule has 2 atom stereocenters. The normalized spacial score (nSPS) is 14.7. The van der Waals surface area contributed by atoms with Crippen molar-refractivity contribution in [1.29, 1.82) is 0 Å². The Morgan fingerprint density at radius 1 is 0.850 bits per heavy atom. The Bertz CT molecular complexity index is 759. The highest BCUT2D eigenvalue weighted by atomic mass is 16.6. The fourth-order valence-electron chi connectivity index (χ4n) is 5.24. The number of amides is 1. The van der Waals surface area contributed by atoms with Crippen molar-refractivity contribution in [2.45, 2.75) is 151 Å². The molecule has 0 bridgehead atoms. The monoisotopic (exact) mass is 570 g/mol. The summed E-state index contributed by atoms with van der Waals surface area (Å²) in [6, 6.07) is 0. The highest BCUT2D eigenvalue weighted by Gasteiger charge is 2.37. The van der Waals surface area contributed by atoms with E-state index in [1.807, 2.05) is 34.6 Å². The van der Waals surface area contributed by atoms with Crippen LogP contribution in [0.1, 0.15) is 140 Å². The molecule has 3 N–H and O–H groups in total. The second kappa shape index (κ2) is 17.9. The molecular weight excluding hydrogens is 508 g/mol. The average Bonchev–Trinajstić information content (AvgIpc) is 2.82. The summed E-state index contributed by atoms with van der Waals surface area (Å²) in [4.78, 5) is 37.2. The number of ether oxygens (including phenoxy) is 3. The lowest BCUT2D eigenvalue weighted by atomic mass is 9.75. The lowest BCUT2D eigenvalue weighted by Gasteiger charge is -2.32. The third-order valence-corrected chi connectivity index (χ3v) is 7.21. The van der Waals surface area contributed by atoms with Gasteiger partial charge in [0.15, 0.2) is 0 Å². The van der Waals surface area contributed by atoms with Crippen LogP contribution in [0.15, 0.2) is 0 Å². The van der Waals surface area contributed by atoms with Gasteiger partial charge in [-0.15, -0.1) is 0 Å². The van der Waals surface area contributed by atoms with Crippen molar-refractivity contribution in [3.63, 3.8) is 0 Å². The fraction of sp³-hybridized carbons (Fsp3) is 0.906. The zero-order valence-electron chi connectivity index (χ0n) is 27.5. The number of nitrogens with two attached hydrogens (primary N) is 1. The van der Waals surface area contributed by atoms with Crippen molar-refractivity contribution in [1.82, 2.24) is 5.32 Å². The topological polar surface area (TPSA) is 117 Å². The number of esters is 2. The molecule has 0 aliphatic heterocycles. The molecule has 236 valence electrons. The largest absolute Gasteiger partial charge is 0.463 e. The maximum absolute atomic E-state index is 12.5. The van der Waals surface area contributed by atoms with Crippen molar-refractivity contribution >= 4 is 18.0 Å². The van der Waals surface area contributed by atoms with E-state index in [0.29, 0.717) is 25.2 Å². The van der Waals surface area contributed by atoms with Crippen molar-refractivity contribution in [2.24, 2.45) is 22.5 Å². The third-order valence-electron chi connectivity index (χ3n) is 7.21. The van der Waals surface area contributed by atoms with Crippen molar-refractivity contribution in [3.05, 3.63) is 0 Å². The average molecular weight is 571 g/mol. The Kier molecular flexibility index (Phi) is 17.0. The molecule has 0 aliphatic carbocycles. The van der Waals surface area contributed by atoms with Gasteiger partial charge in [-0.1, -0.05) is 66.7 Å². The molecule has 0 heterocycles. The summed E-state index contributed by atoms with van der Waals surface area (Å²) >= 11 is 0. The zero-order valence-corrected chi connectivity index (χ0v) is 27.5. The molecule has 1 amide bonds. The fourth-order valence-corrected chi connectivity index (χ4v) is 5.24. The maximum Gasteiger partial charge on any atom is 0.407 e. The number of rotatable bonds is 20. The first kappa shape index (κ1) is 38.2. The van der Waals surface area contributed by atoms with Gasteiger partial charge in [-0.05, 0) is 78.1 Å². The molecule has 0 spiro atoms. The molecule has 0 aliphatic rings. The number of carbonyl (C=O) groups is 3. The first-order valence-corrected chi connectivity index (χ1v) is 15.4. The molecule has 2 unspecified atom stereocenters. The molecule has 0 fully saturated rings. The Hall–Kier alpha value is -1.83. The summed E-state index contributed by atoms with van der Waals surface area (Å²) in [7, 11) is 0. The predicted molar refractivity (Wildman–Crippen MR) is 162 cm³/mol. The van der Waals surface area contributed by atoms with Crippen LogP contribution in [0.4, 0.5) is 4.79 Å². The molecule has 0 aromatic heterocycles. The maximum atomic E-state index is 12.5. The summed E-state index contributed by atoms with van der Waals surface area (Å²) in [6.45, 7) is 20.6. The minimum atomic E-state index is -0.764. The third kappa shape index (κ3) is 17.8. The standard InChI is InChI=1S/C32H62N2O6/c1-11-13-17-25(12-2)22-31(8,9)39-26(35)18-15-14-16-19-30(6,7)40-28(37)34-20-21-38-27(36)32(10,24-33)23-29(3,4)5/h25H,11-24,33H2,1-10H3,(H,34,37). The molecule has 8 nitrogen and oxygen atoms in total. The molecule has 0 radical (unpaired) electrons. The van der Waals surface area contributed by atoms with E-state index in [0.717, 1.165) is 32.1 Å². The van der Waals surface area contributed by atoms with E-state index in [1.165, 1.54) is 19.3 Å². The van der Waals surface area contributed by atoms with Crippen LogP contribution < -0.4 is 11.1 Å². The van der Waals surface area contributed by atoms with Gasteiger partial charge in [-0.25, -0.2) is 4.79 Å². The lowest BCUT2D eigenvalue weighted by molar-refractivity contribution is -0.158. The van der Waals surface area contributed by atoms with Gasteiger partial charge in [-0.2, -0.15) is 0 Å². The number of hydrogen-bond acceptors (Lipinski definition) is 7. The van der Waals surface area contributed by atoms with Crippen LogP contribution >= 0.6 is 0 Å². The minimum Gasteiger partial charge on any atom is -0.463 e. The van der Waals surface area contributed by atoms with Gasteiger partial charge >= 0.3 is 18.0 Å². The van der Waals surface area contributed by atoms with Crippen LogP contribution in [0.2, 0.25) is 0 Å². The Labute approximate surface area is 245 Å². The quantitative estimate of drug-likeness (QED) is 0.0895. The summed E-state index contributed by atoms with van der Waals surface area (Å²) < 4.78 is 16.7. The number of hydrogen-bond donors (Lipinski definition) is 2. The second-order valence-electron chi connectivity index (χ2n) is 14.1. The first-order chi connectivity index (χ1) is 18.4. The summed E-state index contributed by atoms with van der Waals surface area (Å²) in [5, 5.41) is 2.65. The van der Waals surface area contributed by atoms with Crippen LogP contribution in [-0.2, 0) is 23.8 Å². The van der Waals surface area contributed by atoms with Crippen LogP contribution in [0.3, 0.4) is 0 Å². The van der Waals surface area contributed by atoms with Crippen LogP contribution in [0, 0.1) is 16.7 Å². The Morgan fingerprint density at radius 3 is 2.05 bits per heavy atom. The smallest absolute Gasteiger partial charge is 0.407 e. The molecule has 0 saturated carbocycles.